The van der Waals surface area contributed by atoms with Gasteiger partial charge < -0.3 is 14.8 Å². The molecule has 4 heterocycles. The van der Waals surface area contributed by atoms with Crippen molar-refractivity contribution in [3.05, 3.63) is 108 Å². The van der Waals surface area contributed by atoms with Crippen LogP contribution in [0.25, 0.3) is 5.69 Å². The number of anilines is 1. The average molecular weight is 412 g/mol. The Morgan fingerprint density at radius 2 is 1.77 bits per heavy atom. The Hall–Kier alpha value is -3.51. The molecule has 0 radical (unpaired) electrons. The van der Waals surface area contributed by atoms with Gasteiger partial charge >= 0.3 is 0 Å². The minimum absolute atomic E-state index is 0.0580. The molecule has 5 rings (SSSR count). The van der Waals surface area contributed by atoms with E-state index in [2.05, 4.69) is 74.3 Å². The van der Waals surface area contributed by atoms with Gasteiger partial charge in [0.15, 0.2) is 5.11 Å². The molecule has 0 spiro atoms. The monoisotopic (exact) mass is 411 g/mol. The Morgan fingerprint density at radius 1 is 0.900 bits per heavy atom. The largest absolute Gasteiger partial charge is 0.351 e. The highest BCUT2D eigenvalue weighted by atomic mass is 32.1. The number of hydrogen-bond acceptors (Lipinski definition) is 3. The number of nitrogens with zero attached hydrogens (tertiary/aromatic N) is 4. The van der Waals surface area contributed by atoms with Crippen LogP contribution in [0.5, 0.6) is 0 Å². The lowest BCUT2D eigenvalue weighted by atomic mass is 10.0. The molecule has 1 aliphatic rings. The van der Waals surface area contributed by atoms with Gasteiger partial charge in [0.2, 0.25) is 0 Å². The molecule has 1 N–H and O–H groups in total. The zero-order valence-corrected chi connectivity index (χ0v) is 17.3. The van der Waals surface area contributed by atoms with E-state index in [0.29, 0.717) is 5.11 Å². The molecule has 6 heteroatoms. The minimum atomic E-state index is -0.0744. The van der Waals surface area contributed by atoms with E-state index < -0.39 is 0 Å². The van der Waals surface area contributed by atoms with Crippen LogP contribution in [-0.4, -0.2) is 19.6 Å². The molecular formula is C24H21N5S. The van der Waals surface area contributed by atoms with Crippen LogP contribution in [0.3, 0.4) is 0 Å². The third-order valence-corrected chi connectivity index (χ3v) is 5.72. The summed E-state index contributed by atoms with van der Waals surface area (Å²) in [7, 11) is 0. The third kappa shape index (κ3) is 3.25. The first kappa shape index (κ1) is 18.5. The van der Waals surface area contributed by atoms with Gasteiger partial charge in [-0.3, -0.25) is 9.97 Å². The topological polar surface area (TPSA) is 46.0 Å². The van der Waals surface area contributed by atoms with Crippen molar-refractivity contribution in [2.75, 3.05) is 4.90 Å². The van der Waals surface area contributed by atoms with Crippen molar-refractivity contribution < 1.29 is 0 Å². The normalized spacial score (nSPS) is 18.4. The summed E-state index contributed by atoms with van der Waals surface area (Å²) >= 11 is 5.82. The molecule has 1 aromatic carbocycles. The maximum absolute atomic E-state index is 5.82. The van der Waals surface area contributed by atoms with Crippen LogP contribution >= 0.6 is 12.2 Å². The summed E-state index contributed by atoms with van der Waals surface area (Å²) in [5.41, 5.74) is 5.42. The average Bonchev–Trinajstić information content (AvgIpc) is 3.39. The van der Waals surface area contributed by atoms with Crippen molar-refractivity contribution in [2.45, 2.75) is 19.0 Å². The van der Waals surface area contributed by atoms with Crippen molar-refractivity contribution >= 4 is 23.0 Å². The van der Waals surface area contributed by atoms with E-state index in [9.17, 15) is 0 Å². The summed E-state index contributed by atoms with van der Waals surface area (Å²) < 4.78 is 2.20. The van der Waals surface area contributed by atoms with Gasteiger partial charge in [0, 0.05) is 41.9 Å². The lowest BCUT2D eigenvalue weighted by Gasteiger charge is -2.29. The van der Waals surface area contributed by atoms with Crippen LogP contribution in [0.4, 0.5) is 5.69 Å². The summed E-state index contributed by atoms with van der Waals surface area (Å²) in [4.78, 5) is 11.0. The van der Waals surface area contributed by atoms with E-state index >= 15 is 0 Å². The van der Waals surface area contributed by atoms with Gasteiger partial charge in [0.05, 0.1) is 11.7 Å². The van der Waals surface area contributed by atoms with E-state index in [4.69, 9.17) is 12.2 Å². The molecule has 4 aromatic rings. The second kappa shape index (κ2) is 7.72. The Balaban J connectivity index is 1.68. The van der Waals surface area contributed by atoms with E-state index in [1.54, 1.807) is 0 Å². The van der Waals surface area contributed by atoms with Gasteiger partial charge in [-0.2, -0.15) is 0 Å². The summed E-state index contributed by atoms with van der Waals surface area (Å²) in [6.07, 6.45) is 7.53. The molecule has 1 fully saturated rings. The fraction of sp³-hybridized carbons (Fsp3) is 0.125. The molecule has 5 nitrogen and oxygen atoms in total. The van der Waals surface area contributed by atoms with Crippen molar-refractivity contribution in [1.82, 2.24) is 19.9 Å². The maximum Gasteiger partial charge on any atom is 0.174 e. The molecule has 30 heavy (non-hydrogen) atoms. The minimum Gasteiger partial charge on any atom is -0.351 e. The van der Waals surface area contributed by atoms with Crippen LogP contribution in [-0.2, 0) is 0 Å². The smallest absolute Gasteiger partial charge is 0.174 e. The summed E-state index contributed by atoms with van der Waals surface area (Å²) in [6, 6.07) is 22.6. The molecule has 0 amide bonds. The molecule has 0 unspecified atom stereocenters. The first-order chi connectivity index (χ1) is 14.7. The van der Waals surface area contributed by atoms with Crippen LogP contribution in [0.15, 0.2) is 91.5 Å². The molecule has 0 aliphatic carbocycles. The number of aryl methyl sites for hydroxylation is 1. The molecule has 148 valence electrons. The Bertz CT molecular complexity index is 1170. The predicted molar refractivity (Wildman–Crippen MR) is 123 cm³/mol. The van der Waals surface area contributed by atoms with Gasteiger partial charge in [-0.1, -0.05) is 18.2 Å². The maximum atomic E-state index is 5.82. The highest BCUT2D eigenvalue weighted by Crippen LogP contribution is 2.42. The fourth-order valence-corrected chi connectivity index (χ4v) is 4.43. The standard InChI is InChI=1S/C24H21N5S/c1-17-6-4-7-19(16-17)29-23(22(27-24(29)30)20-8-2-3-12-26-20)21-9-5-15-28(21)18-10-13-25-14-11-18/h2-16,22-23H,1H3,(H,27,30)/t22-,23-/m0/s1. The van der Waals surface area contributed by atoms with Gasteiger partial charge in [-0.15, -0.1) is 0 Å². The van der Waals surface area contributed by atoms with Crippen molar-refractivity contribution in [1.29, 1.82) is 0 Å². The molecule has 1 saturated heterocycles. The number of aromatic nitrogens is 3. The van der Waals surface area contributed by atoms with Crippen LogP contribution in [0.2, 0.25) is 0 Å². The van der Waals surface area contributed by atoms with Gasteiger partial charge in [0.25, 0.3) is 0 Å². The van der Waals surface area contributed by atoms with Crippen LogP contribution < -0.4 is 10.2 Å². The van der Waals surface area contributed by atoms with Crippen molar-refractivity contribution in [3.63, 3.8) is 0 Å². The number of hydrogen-bond donors (Lipinski definition) is 1. The highest BCUT2D eigenvalue weighted by Gasteiger charge is 2.42. The zero-order chi connectivity index (χ0) is 20.5. The van der Waals surface area contributed by atoms with E-state index in [1.807, 2.05) is 48.9 Å². The van der Waals surface area contributed by atoms with Gasteiger partial charge in [0.1, 0.15) is 6.04 Å². The molecule has 0 bridgehead atoms. The fourth-order valence-electron chi connectivity index (χ4n) is 4.09. The van der Waals surface area contributed by atoms with E-state index in [0.717, 1.165) is 22.8 Å². The summed E-state index contributed by atoms with van der Waals surface area (Å²) in [5, 5.41) is 4.22. The Morgan fingerprint density at radius 3 is 2.53 bits per heavy atom. The number of nitrogens with one attached hydrogen (secondary N) is 1. The van der Waals surface area contributed by atoms with Gasteiger partial charge in [-0.25, -0.2) is 0 Å². The summed E-state index contributed by atoms with van der Waals surface area (Å²) in [6.45, 7) is 2.10. The molecule has 0 saturated carbocycles. The predicted octanol–water partition coefficient (Wildman–Crippen LogP) is 4.75. The lowest BCUT2D eigenvalue weighted by Crippen LogP contribution is -2.30. The number of thiocarbonyl (C=S) groups is 1. The lowest BCUT2D eigenvalue weighted by molar-refractivity contribution is 0.549. The first-order valence-corrected chi connectivity index (χ1v) is 10.3. The van der Waals surface area contributed by atoms with Gasteiger partial charge in [-0.05, 0) is 73.2 Å². The Kier molecular flexibility index (Phi) is 4.77. The molecule has 1 aliphatic heterocycles. The molecular weight excluding hydrogens is 390 g/mol. The zero-order valence-electron chi connectivity index (χ0n) is 16.5. The highest BCUT2D eigenvalue weighted by molar-refractivity contribution is 7.80. The summed E-state index contributed by atoms with van der Waals surface area (Å²) in [5.74, 6) is 0. The first-order valence-electron chi connectivity index (χ1n) is 9.87. The van der Waals surface area contributed by atoms with Crippen LogP contribution in [0, 0.1) is 6.92 Å². The second-order valence-electron chi connectivity index (χ2n) is 7.34. The number of pyridine rings is 2. The molecule has 3 aromatic heterocycles. The Labute approximate surface area is 181 Å². The SMILES string of the molecule is Cc1cccc(N2C(=S)N[C@@H](c3ccccn3)[C@@H]2c2cccn2-c2ccncc2)c1. The van der Waals surface area contributed by atoms with Crippen LogP contribution in [0.1, 0.15) is 29.0 Å². The quantitative estimate of drug-likeness (QED) is 0.491. The van der Waals surface area contributed by atoms with Crippen molar-refractivity contribution in [2.24, 2.45) is 0 Å². The number of benzene rings is 1. The van der Waals surface area contributed by atoms with E-state index in [-0.39, 0.29) is 12.1 Å². The van der Waals surface area contributed by atoms with E-state index in [1.165, 1.54) is 5.56 Å². The second-order valence-corrected chi connectivity index (χ2v) is 7.73. The number of rotatable bonds is 4. The van der Waals surface area contributed by atoms with Crippen molar-refractivity contribution in [3.8, 4) is 5.69 Å². The third-order valence-electron chi connectivity index (χ3n) is 5.40. The molecule has 2 atom stereocenters.